The van der Waals surface area contributed by atoms with Crippen LogP contribution in [0.4, 0.5) is 15.8 Å². The minimum absolute atomic E-state index is 0.0457. The van der Waals surface area contributed by atoms with Crippen LogP contribution in [0.5, 0.6) is 0 Å². The second-order valence-electron chi connectivity index (χ2n) is 2.35. The lowest BCUT2D eigenvalue weighted by Gasteiger charge is -2.03. The largest absolute Gasteiger partial charge is 0.339 e. The molecule has 0 bridgehead atoms. The van der Waals surface area contributed by atoms with Crippen LogP contribution in [0.15, 0.2) is 18.2 Å². The standard InChI is InChI=1S/C7H5FN2O2S2/c8-5-2-1-4(10(11)12)3-6(5)9-7(13)14/h1-3H,(H2,9,13,14). The van der Waals surface area contributed by atoms with Gasteiger partial charge in [0.2, 0.25) is 0 Å². The number of nitro groups is 1. The molecule has 14 heavy (non-hydrogen) atoms. The number of thiol groups is 1. The number of benzene rings is 1. The molecule has 1 N–H and O–H groups in total. The maximum absolute atomic E-state index is 13.0. The molecule has 0 aliphatic rings. The number of nitrogens with zero attached hydrogens (tertiary/aromatic N) is 1. The van der Waals surface area contributed by atoms with Gasteiger partial charge < -0.3 is 5.32 Å². The fourth-order valence-electron chi connectivity index (χ4n) is 0.838. The number of nitro benzene ring substituents is 1. The Morgan fingerprint density at radius 1 is 1.64 bits per heavy atom. The van der Waals surface area contributed by atoms with Crippen molar-refractivity contribution in [1.29, 1.82) is 0 Å². The predicted molar refractivity (Wildman–Crippen MR) is 58.3 cm³/mol. The Balaban J connectivity index is 3.08. The number of anilines is 1. The third-order valence-corrected chi connectivity index (χ3v) is 1.62. The molecular formula is C7H5FN2O2S2. The highest BCUT2D eigenvalue weighted by Crippen LogP contribution is 2.21. The van der Waals surface area contributed by atoms with E-state index in [9.17, 15) is 14.5 Å². The molecule has 74 valence electrons. The van der Waals surface area contributed by atoms with E-state index in [1.807, 2.05) is 0 Å². The molecular weight excluding hydrogens is 227 g/mol. The molecule has 0 radical (unpaired) electrons. The van der Waals surface area contributed by atoms with Crippen LogP contribution in [0.1, 0.15) is 0 Å². The van der Waals surface area contributed by atoms with Crippen molar-refractivity contribution in [3.05, 3.63) is 34.1 Å². The Hall–Kier alpha value is -1.21. The van der Waals surface area contributed by atoms with E-state index in [4.69, 9.17) is 0 Å². The first-order valence-electron chi connectivity index (χ1n) is 3.44. The zero-order chi connectivity index (χ0) is 10.7. The van der Waals surface area contributed by atoms with Gasteiger partial charge >= 0.3 is 0 Å². The highest BCUT2D eigenvalue weighted by atomic mass is 32.1. The van der Waals surface area contributed by atoms with Gasteiger partial charge in [-0.15, -0.1) is 12.6 Å². The van der Waals surface area contributed by atoms with Gasteiger partial charge in [-0.2, -0.15) is 0 Å². The topological polar surface area (TPSA) is 55.2 Å². The molecule has 1 rings (SSSR count). The summed E-state index contributed by atoms with van der Waals surface area (Å²) in [5.74, 6) is -0.619. The fourth-order valence-corrected chi connectivity index (χ4v) is 1.07. The van der Waals surface area contributed by atoms with Gasteiger partial charge in [-0.25, -0.2) is 4.39 Å². The zero-order valence-corrected chi connectivity index (χ0v) is 8.44. The first-order valence-corrected chi connectivity index (χ1v) is 4.30. The summed E-state index contributed by atoms with van der Waals surface area (Å²) in [5, 5.41) is 12.7. The monoisotopic (exact) mass is 232 g/mol. The van der Waals surface area contributed by atoms with Crippen LogP contribution in [-0.2, 0) is 0 Å². The van der Waals surface area contributed by atoms with E-state index in [0.29, 0.717) is 0 Å². The van der Waals surface area contributed by atoms with Gasteiger partial charge in [-0.1, -0.05) is 12.2 Å². The quantitative estimate of drug-likeness (QED) is 0.356. The van der Waals surface area contributed by atoms with E-state index in [0.717, 1.165) is 18.2 Å². The average molecular weight is 232 g/mol. The van der Waals surface area contributed by atoms with Crippen molar-refractivity contribution in [3.63, 3.8) is 0 Å². The van der Waals surface area contributed by atoms with Crippen LogP contribution in [-0.4, -0.2) is 9.24 Å². The lowest BCUT2D eigenvalue weighted by molar-refractivity contribution is -0.384. The first kappa shape index (κ1) is 10.9. The Labute approximate surface area is 89.7 Å². The second kappa shape index (κ2) is 4.34. The van der Waals surface area contributed by atoms with Crippen molar-refractivity contribution >= 4 is 40.5 Å². The number of thiocarbonyl (C=S) groups is 1. The van der Waals surface area contributed by atoms with E-state index in [-0.39, 0.29) is 15.7 Å². The van der Waals surface area contributed by atoms with E-state index >= 15 is 0 Å². The molecule has 0 aliphatic heterocycles. The molecule has 0 aromatic heterocycles. The summed E-state index contributed by atoms with van der Waals surface area (Å²) in [6.07, 6.45) is 0. The van der Waals surface area contributed by atoms with Crippen molar-refractivity contribution in [2.24, 2.45) is 0 Å². The first-order chi connectivity index (χ1) is 6.50. The fraction of sp³-hybridized carbons (Fsp3) is 0. The average Bonchev–Trinajstić information content (AvgIpc) is 2.07. The Morgan fingerprint density at radius 2 is 2.29 bits per heavy atom. The molecule has 0 atom stereocenters. The van der Waals surface area contributed by atoms with Crippen molar-refractivity contribution in [3.8, 4) is 0 Å². The number of rotatable bonds is 2. The van der Waals surface area contributed by atoms with E-state index in [1.54, 1.807) is 0 Å². The molecule has 0 amide bonds. The molecule has 0 saturated carbocycles. The molecule has 0 spiro atoms. The number of nitrogens with one attached hydrogen (secondary N) is 1. The summed E-state index contributed by atoms with van der Waals surface area (Å²) in [6.45, 7) is 0. The van der Waals surface area contributed by atoms with Crippen LogP contribution in [0.25, 0.3) is 0 Å². The molecule has 0 aliphatic carbocycles. The molecule has 0 unspecified atom stereocenters. The van der Waals surface area contributed by atoms with Crippen LogP contribution in [0.3, 0.4) is 0 Å². The highest BCUT2D eigenvalue weighted by molar-refractivity contribution is 8.11. The van der Waals surface area contributed by atoms with Gasteiger partial charge in [0.25, 0.3) is 5.69 Å². The molecule has 1 aromatic carbocycles. The van der Waals surface area contributed by atoms with Crippen LogP contribution < -0.4 is 5.32 Å². The molecule has 0 saturated heterocycles. The minimum atomic E-state index is -0.619. The van der Waals surface area contributed by atoms with E-state index < -0.39 is 10.7 Å². The Bertz CT molecular complexity index is 397. The number of halogens is 1. The molecule has 1 aromatic rings. The van der Waals surface area contributed by atoms with Crippen molar-refractivity contribution in [2.45, 2.75) is 0 Å². The molecule has 4 nitrogen and oxygen atoms in total. The Morgan fingerprint density at radius 3 is 2.79 bits per heavy atom. The van der Waals surface area contributed by atoms with Gasteiger partial charge in [-0.05, 0) is 6.07 Å². The number of hydrogen-bond donors (Lipinski definition) is 2. The normalized spacial score (nSPS) is 9.57. The lowest BCUT2D eigenvalue weighted by atomic mass is 10.2. The summed E-state index contributed by atoms with van der Waals surface area (Å²) in [4.78, 5) is 9.73. The van der Waals surface area contributed by atoms with Gasteiger partial charge in [0.15, 0.2) is 0 Å². The van der Waals surface area contributed by atoms with Crippen LogP contribution >= 0.6 is 24.8 Å². The van der Waals surface area contributed by atoms with Gasteiger partial charge in [-0.3, -0.25) is 10.1 Å². The maximum Gasteiger partial charge on any atom is 0.271 e. The predicted octanol–water partition coefficient (Wildman–Crippen LogP) is 2.36. The third-order valence-electron chi connectivity index (χ3n) is 1.40. The van der Waals surface area contributed by atoms with Crippen molar-refractivity contribution in [2.75, 3.05) is 5.32 Å². The Kier molecular flexibility index (Phi) is 3.37. The van der Waals surface area contributed by atoms with E-state index in [2.05, 4.69) is 30.2 Å². The SMILES string of the molecule is O=[N+]([O-])c1ccc(F)c(NC(=S)S)c1. The summed E-state index contributed by atoms with van der Waals surface area (Å²) < 4.78 is 13.1. The second-order valence-corrected chi connectivity index (χ2v) is 3.51. The summed E-state index contributed by atoms with van der Waals surface area (Å²) in [5.41, 5.74) is -0.266. The summed E-state index contributed by atoms with van der Waals surface area (Å²) in [6, 6.07) is 3.12. The summed E-state index contributed by atoms with van der Waals surface area (Å²) in [7, 11) is 0. The molecule has 0 heterocycles. The maximum atomic E-state index is 13.0. The van der Waals surface area contributed by atoms with Gasteiger partial charge in [0.1, 0.15) is 10.1 Å². The highest BCUT2D eigenvalue weighted by Gasteiger charge is 2.10. The molecule has 7 heteroatoms. The van der Waals surface area contributed by atoms with Crippen molar-refractivity contribution < 1.29 is 9.31 Å². The van der Waals surface area contributed by atoms with Crippen molar-refractivity contribution in [1.82, 2.24) is 0 Å². The number of non-ortho nitro benzene ring substituents is 1. The molecule has 0 fully saturated rings. The van der Waals surface area contributed by atoms with Crippen LogP contribution in [0.2, 0.25) is 0 Å². The van der Waals surface area contributed by atoms with Gasteiger partial charge in [0.05, 0.1) is 10.6 Å². The van der Waals surface area contributed by atoms with Gasteiger partial charge in [0, 0.05) is 12.1 Å². The van der Waals surface area contributed by atoms with Crippen LogP contribution in [0, 0.1) is 15.9 Å². The minimum Gasteiger partial charge on any atom is -0.339 e. The summed E-state index contributed by atoms with van der Waals surface area (Å²) >= 11 is 8.29. The zero-order valence-electron chi connectivity index (χ0n) is 6.73. The van der Waals surface area contributed by atoms with E-state index in [1.165, 1.54) is 0 Å². The lowest BCUT2D eigenvalue weighted by Crippen LogP contribution is -2.03. The number of hydrogen-bond acceptors (Lipinski definition) is 3. The smallest absolute Gasteiger partial charge is 0.271 e. The third kappa shape index (κ3) is 2.64.